The van der Waals surface area contributed by atoms with Gasteiger partial charge in [0, 0.05) is 37.5 Å². The molecule has 3 amide bonds. The molecule has 5 heterocycles. The fourth-order valence-electron chi connectivity index (χ4n) is 7.86. The van der Waals surface area contributed by atoms with Gasteiger partial charge in [-0.15, -0.1) is 16.9 Å². The summed E-state index contributed by atoms with van der Waals surface area (Å²) in [5.41, 5.74) is 2.62. The van der Waals surface area contributed by atoms with Crippen molar-refractivity contribution in [2.75, 3.05) is 26.2 Å². The lowest BCUT2D eigenvalue weighted by atomic mass is 9.74. The number of amides is 3. The first kappa shape index (κ1) is 30.7. The van der Waals surface area contributed by atoms with Gasteiger partial charge in [-0.05, 0) is 37.5 Å². The summed E-state index contributed by atoms with van der Waals surface area (Å²) in [4.78, 5) is 49.4. The molecule has 0 saturated carbocycles. The first-order valence-electron chi connectivity index (χ1n) is 16.2. The van der Waals surface area contributed by atoms with Crippen LogP contribution in [0.3, 0.4) is 0 Å². The molecule has 0 bridgehead atoms. The Hall–Kier alpha value is -3.96. The summed E-state index contributed by atoms with van der Waals surface area (Å²) in [5.74, 6) is -1.59. The van der Waals surface area contributed by atoms with Crippen molar-refractivity contribution in [3.8, 4) is 0 Å². The molecule has 2 aromatic carbocycles. The number of carbonyl (C=O) groups excluding carboxylic acids is 3. The van der Waals surface area contributed by atoms with Crippen LogP contribution in [0.25, 0.3) is 11.0 Å². The minimum atomic E-state index is -0.895. The molecule has 240 valence electrons. The van der Waals surface area contributed by atoms with E-state index in [-0.39, 0.29) is 31.0 Å². The molecule has 5 atom stereocenters. The Bertz CT molecular complexity index is 1690. The summed E-state index contributed by atoms with van der Waals surface area (Å²) in [5, 5.41) is 17.9. The lowest BCUT2D eigenvalue weighted by Crippen LogP contribution is -2.53. The third kappa shape index (κ3) is 5.13. The van der Waals surface area contributed by atoms with Crippen LogP contribution in [0.15, 0.2) is 78.9 Å². The Morgan fingerprint density at radius 1 is 0.848 bits per heavy atom. The molecule has 4 aliphatic heterocycles. The summed E-state index contributed by atoms with van der Waals surface area (Å²) < 4.78 is 0.178. The zero-order chi connectivity index (χ0) is 31.9. The smallest absolute Gasteiger partial charge is 0.248 e. The summed E-state index contributed by atoms with van der Waals surface area (Å²) in [7, 11) is 0. The number of rotatable bonds is 10. The Kier molecular flexibility index (Phi) is 8.23. The van der Waals surface area contributed by atoms with Crippen LogP contribution in [0.4, 0.5) is 0 Å². The number of nitrogens with zero attached hydrogens (tertiary/aromatic N) is 6. The van der Waals surface area contributed by atoms with Crippen molar-refractivity contribution in [1.29, 1.82) is 0 Å². The largest absolute Gasteiger partial charge is 0.396 e. The molecule has 10 nitrogen and oxygen atoms in total. The van der Waals surface area contributed by atoms with Crippen LogP contribution in [-0.2, 0) is 27.6 Å². The van der Waals surface area contributed by atoms with Gasteiger partial charge in [-0.2, -0.15) is 0 Å². The fraction of sp³-hybridized carbons (Fsp3) is 0.457. The first-order valence-corrected chi connectivity index (χ1v) is 17.0. The lowest BCUT2D eigenvalue weighted by molar-refractivity contribution is -0.145. The highest BCUT2D eigenvalue weighted by Crippen LogP contribution is 2.65. The molecule has 2 fully saturated rings. The van der Waals surface area contributed by atoms with Crippen molar-refractivity contribution in [2.24, 2.45) is 11.8 Å². The number of carbonyl (C=O) groups is 3. The number of para-hydroxylation sites is 1. The van der Waals surface area contributed by atoms with Crippen molar-refractivity contribution in [3.63, 3.8) is 0 Å². The monoisotopic (exact) mass is 640 g/mol. The van der Waals surface area contributed by atoms with Crippen molar-refractivity contribution < 1.29 is 19.5 Å². The number of benzene rings is 2. The van der Waals surface area contributed by atoms with Crippen LogP contribution in [0.1, 0.15) is 38.2 Å². The highest BCUT2D eigenvalue weighted by Gasteiger charge is 2.73. The van der Waals surface area contributed by atoms with Crippen LogP contribution in [-0.4, -0.2) is 94.3 Å². The maximum atomic E-state index is 14.8. The Morgan fingerprint density at radius 3 is 2.41 bits per heavy atom. The maximum absolute atomic E-state index is 14.8. The van der Waals surface area contributed by atoms with Crippen LogP contribution >= 0.6 is 11.8 Å². The number of aliphatic hydroxyl groups is 1. The number of aliphatic hydroxyl groups excluding tert-OH is 1. The zero-order valence-electron chi connectivity index (χ0n) is 26.1. The van der Waals surface area contributed by atoms with Crippen molar-refractivity contribution in [3.05, 3.63) is 84.5 Å². The van der Waals surface area contributed by atoms with Gasteiger partial charge < -0.3 is 19.8 Å². The Morgan fingerprint density at radius 2 is 1.59 bits per heavy atom. The average Bonchev–Trinajstić information content (AvgIpc) is 3.59. The Labute approximate surface area is 273 Å². The van der Waals surface area contributed by atoms with E-state index in [0.717, 1.165) is 35.9 Å². The van der Waals surface area contributed by atoms with E-state index in [1.807, 2.05) is 71.6 Å². The van der Waals surface area contributed by atoms with Gasteiger partial charge >= 0.3 is 0 Å². The van der Waals surface area contributed by atoms with E-state index in [1.165, 1.54) is 0 Å². The number of fused-ring (bicyclic) bond motifs is 3. The molecule has 46 heavy (non-hydrogen) atoms. The second kappa shape index (κ2) is 12.3. The number of hydrogen-bond acceptors (Lipinski definition) is 7. The van der Waals surface area contributed by atoms with Gasteiger partial charge in [0.05, 0.1) is 22.1 Å². The minimum absolute atomic E-state index is 0.0429. The van der Waals surface area contributed by atoms with E-state index in [2.05, 4.69) is 29.4 Å². The van der Waals surface area contributed by atoms with Gasteiger partial charge in [-0.25, -0.2) is 4.68 Å². The number of thioether (sulfide) groups is 1. The predicted molar refractivity (Wildman–Crippen MR) is 176 cm³/mol. The van der Waals surface area contributed by atoms with E-state index < -0.39 is 27.4 Å². The average molecular weight is 641 g/mol. The maximum Gasteiger partial charge on any atom is 0.248 e. The van der Waals surface area contributed by atoms with Gasteiger partial charge in [-0.1, -0.05) is 84.8 Å². The van der Waals surface area contributed by atoms with Gasteiger partial charge in [0.2, 0.25) is 17.7 Å². The fourth-order valence-corrected chi connectivity index (χ4v) is 10.0. The van der Waals surface area contributed by atoms with Crippen LogP contribution in [0.2, 0.25) is 0 Å². The van der Waals surface area contributed by atoms with E-state index in [4.69, 9.17) is 0 Å². The van der Waals surface area contributed by atoms with Crippen LogP contribution in [0.5, 0.6) is 0 Å². The van der Waals surface area contributed by atoms with Gasteiger partial charge in [0.1, 0.15) is 18.2 Å². The quantitative estimate of drug-likeness (QED) is 0.266. The molecule has 0 aliphatic carbocycles. The van der Waals surface area contributed by atoms with Gasteiger partial charge in [0.25, 0.3) is 0 Å². The molecule has 1 aromatic heterocycles. The van der Waals surface area contributed by atoms with Crippen molar-refractivity contribution in [1.82, 2.24) is 29.7 Å². The summed E-state index contributed by atoms with van der Waals surface area (Å²) >= 11 is 1.61. The summed E-state index contributed by atoms with van der Waals surface area (Å²) in [6.45, 7) is 4.12. The van der Waals surface area contributed by atoms with Crippen molar-refractivity contribution >= 4 is 40.5 Å². The summed E-state index contributed by atoms with van der Waals surface area (Å²) in [6, 6.07) is 16.8. The zero-order valence-corrected chi connectivity index (χ0v) is 26.9. The third-order valence-electron chi connectivity index (χ3n) is 9.97. The van der Waals surface area contributed by atoms with E-state index in [9.17, 15) is 19.5 Å². The molecular formula is C35H40N6O4S. The molecular weight excluding hydrogens is 600 g/mol. The Balaban J connectivity index is 1.24. The third-order valence-corrected chi connectivity index (χ3v) is 11.8. The topological polar surface area (TPSA) is 112 Å². The molecule has 7 rings (SSSR count). The number of hydrogen-bond donors (Lipinski definition) is 1. The lowest BCUT2D eigenvalue weighted by Gasteiger charge is -2.36. The van der Waals surface area contributed by atoms with Crippen molar-refractivity contribution in [2.45, 2.75) is 61.4 Å². The normalized spacial score (nSPS) is 28.9. The molecule has 1 spiro atoms. The molecule has 3 aromatic rings. The second-order valence-corrected chi connectivity index (χ2v) is 14.7. The molecule has 11 heteroatoms. The number of likely N-dealkylation sites (tertiary alicyclic amines) is 1. The van der Waals surface area contributed by atoms with Gasteiger partial charge in [0.15, 0.2) is 0 Å². The van der Waals surface area contributed by atoms with E-state index in [0.29, 0.717) is 32.6 Å². The highest BCUT2D eigenvalue weighted by molar-refractivity contribution is 8.02. The van der Waals surface area contributed by atoms with Crippen LogP contribution in [0, 0.1) is 11.8 Å². The summed E-state index contributed by atoms with van der Waals surface area (Å²) in [6.07, 6.45) is 11.3. The molecule has 4 aliphatic rings. The number of aromatic nitrogens is 3. The van der Waals surface area contributed by atoms with Gasteiger partial charge in [-0.3, -0.25) is 14.4 Å². The molecule has 0 radical (unpaired) electrons. The second-order valence-electron chi connectivity index (χ2n) is 13.0. The van der Waals surface area contributed by atoms with E-state index in [1.54, 1.807) is 26.2 Å². The standard InChI is InChI=1S/C35H40N6O4S/c1-34-17-11-19-38(23-25-13-5-4-6-14-25)31(43)28(34)29-32(44)40(21-9-2-3-10-22-42)30-33(45)39(20-12-18-35(29,30)46-34)24-41-27-16-8-7-15-26(27)36-37-41/h4-8,11-18,28-30,42H,2-3,9-10,19-24H2,1H3/t28-,29+,30?,34+,35+/m1/s1. The van der Waals surface area contributed by atoms with Crippen LogP contribution < -0.4 is 0 Å². The number of unbranched alkanes of at least 4 members (excludes halogenated alkanes) is 3. The molecule has 1 N–H and O–H groups in total. The molecule has 2 saturated heterocycles. The molecule has 1 unspecified atom stereocenters. The van der Waals surface area contributed by atoms with E-state index >= 15 is 0 Å². The minimum Gasteiger partial charge on any atom is -0.396 e. The SMILES string of the molecule is C[C@]12C=CCN(Cc3ccccc3)C(=O)[C@H]1[C@H]1C(=O)N(CCCCCCO)C3C(=O)N(Cn4nnc5ccccc54)CC=C[C@@]31S2. The highest BCUT2D eigenvalue weighted by atomic mass is 32.2. The first-order chi connectivity index (χ1) is 22.4. The predicted octanol–water partition coefficient (Wildman–Crippen LogP) is 3.63.